The van der Waals surface area contributed by atoms with Crippen LogP contribution in [-0.4, -0.2) is 62.6 Å². The second kappa shape index (κ2) is 15.7. The van der Waals surface area contributed by atoms with Crippen molar-refractivity contribution in [2.75, 3.05) is 13.1 Å². The maximum atomic E-state index is 14.8. The maximum Gasteiger partial charge on any atom is 0.274 e. The Hall–Kier alpha value is -5.69. The minimum atomic E-state index is -0.706. The number of nitrogens with one attached hydrogen (secondary N) is 3. The molecule has 0 unspecified atom stereocenters. The van der Waals surface area contributed by atoms with E-state index >= 15 is 0 Å². The van der Waals surface area contributed by atoms with E-state index in [0.717, 1.165) is 11.1 Å². The second-order valence-corrected chi connectivity index (χ2v) is 14.1. The number of rotatable bonds is 5. The lowest BCUT2D eigenvalue weighted by Crippen LogP contribution is -2.50. The lowest BCUT2D eigenvalue weighted by Gasteiger charge is -2.30. The predicted octanol–water partition coefficient (Wildman–Crippen LogP) is 5.61. The van der Waals surface area contributed by atoms with Gasteiger partial charge in [0, 0.05) is 18.1 Å². The van der Waals surface area contributed by atoms with Crippen molar-refractivity contribution in [3.63, 3.8) is 0 Å². The normalized spacial score (nSPS) is 18.6. The molecule has 3 N–H and O–H groups in total. The average Bonchev–Trinajstić information content (AvgIpc) is 3.78. The molecule has 0 saturated heterocycles. The molecule has 2 aromatic carbocycles. The molecular weight excluding hydrogens is 679 g/mol. The van der Waals surface area contributed by atoms with Crippen molar-refractivity contribution in [2.45, 2.75) is 59.2 Å². The Balaban J connectivity index is 1.44. The molecule has 52 heavy (non-hydrogen) atoms. The van der Waals surface area contributed by atoms with Crippen molar-refractivity contribution in [1.82, 2.24) is 35.8 Å². The van der Waals surface area contributed by atoms with Crippen LogP contribution in [0.25, 0.3) is 11.1 Å². The molecule has 13 heteroatoms. The minimum absolute atomic E-state index is 0.00644. The smallest absolute Gasteiger partial charge is 0.274 e. The number of carbonyl (C=O) groups is 4. The molecule has 1 aliphatic heterocycles. The van der Waals surface area contributed by atoms with Gasteiger partial charge in [0.1, 0.15) is 22.5 Å². The predicted molar refractivity (Wildman–Crippen MR) is 197 cm³/mol. The number of pyridine rings is 1. The number of benzene rings is 2. The summed E-state index contributed by atoms with van der Waals surface area (Å²) in [7, 11) is 0. The first-order valence-corrected chi connectivity index (χ1v) is 18.0. The van der Waals surface area contributed by atoms with E-state index in [2.05, 4.69) is 30.9 Å². The molecule has 12 nitrogen and oxygen atoms in total. The van der Waals surface area contributed by atoms with Crippen LogP contribution < -0.4 is 16.0 Å². The molecule has 268 valence electrons. The van der Waals surface area contributed by atoms with Gasteiger partial charge in [0.2, 0.25) is 11.8 Å². The van der Waals surface area contributed by atoms with Crippen LogP contribution >= 0.6 is 11.3 Å². The standard InChI is InChI=1S/C39H41N7O5S/c1-22(2)33-37-45-34(25(5)51-37)36(49)41-24(4)38-43-30(21-52-38)35(48)42-28(18-26-12-8-6-9-13-26)19-46(20-31(47)44-33)39(50)32-23(3)40-17-16-29(32)27-14-10-7-11-15-27/h6-17,21-22,24,28,33H,18-20H2,1-5H3,(H,41,49)(H,42,48)(H,44,47)/t24-,28-,33+/m1/s1. The van der Waals surface area contributed by atoms with E-state index in [1.54, 1.807) is 38.4 Å². The van der Waals surface area contributed by atoms with Gasteiger partial charge < -0.3 is 25.3 Å². The molecule has 0 spiro atoms. The van der Waals surface area contributed by atoms with Gasteiger partial charge in [-0.2, -0.15) is 0 Å². The highest BCUT2D eigenvalue weighted by Crippen LogP contribution is 2.28. The monoisotopic (exact) mass is 719 g/mol. The van der Waals surface area contributed by atoms with Crippen molar-refractivity contribution in [3.05, 3.63) is 123 Å². The van der Waals surface area contributed by atoms with Crippen LogP contribution in [0.2, 0.25) is 0 Å². The van der Waals surface area contributed by atoms with E-state index in [0.29, 0.717) is 28.2 Å². The summed E-state index contributed by atoms with van der Waals surface area (Å²) in [6.45, 7) is 8.62. The molecule has 4 heterocycles. The number of hydrogen-bond donors (Lipinski definition) is 3. The van der Waals surface area contributed by atoms with E-state index in [1.165, 1.54) is 16.2 Å². The van der Waals surface area contributed by atoms with Crippen LogP contribution in [0.3, 0.4) is 0 Å². The first-order valence-electron chi connectivity index (χ1n) is 17.2. The largest absolute Gasteiger partial charge is 0.443 e. The summed E-state index contributed by atoms with van der Waals surface area (Å²) >= 11 is 1.25. The Labute approximate surface area is 306 Å². The molecule has 0 saturated carbocycles. The van der Waals surface area contributed by atoms with Gasteiger partial charge in [0.15, 0.2) is 5.69 Å². The second-order valence-electron chi connectivity index (χ2n) is 13.2. The lowest BCUT2D eigenvalue weighted by molar-refractivity contribution is -0.123. The molecule has 4 amide bonds. The van der Waals surface area contributed by atoms with Crippen LogP contribution in [0.1, 0.15) is 92.1 Å². The third-order valence-corrected chi connectivity index (χ3v) is 9.94. The Morgan fingerprint density at radius 1 is 0.942 bits per heavy atom. The topological polar surface area (TPSA) is 159 Å². The number of fused-ring (bicyclic) bond motifs is 4. The van der Waals surface area contributed by atoms with Crippen molar-refractivity contribution >= 4 is 35.0 Å². The van der Waals surface area contributed by atoms with Crippen LogP contribution in [-0.2, 0) is 11.2 Å². The molecule has 3 aromatic heterocycles. The zero-order valence-electron chi connectivity index (χ0n) is 29.7. The molecule has 1 aliphatic rings. The number of aromatic nitrogens is 3. The number of carbonyl (C=O) groups excluding carboxylic acids is 4. The van der Waals surface area contributed by atoms with Gasteiger partial charge in [-0.15, -0.1) is 11.3 Å². The molecule has 4 bridgehead atoms. The van der Waals surface area contributed by atoms with Crippen molar-refractivity contribution in [3.8, 4) is 11.1 Å². The number of thiazole rings is 1. The highest BCUT2D eigenvalue weighted by atomic mass is 32.1. The van der Waals surface area contributed by atoms with Crippen LogP contribution in [0, 0.1) is 19.8 Å². The summed E-state index contributed by atoms with van der Waals surface area (Å²) in [4.78, 5) is 70.9. The fraction of sp³-hybridized carbons (Fsp3) is 0.308. The van der Waals surface area contributed by atoms with Crippen molar-refractivity contribution in [1.29, 1.82) is 0 Å². The highest BCUT2D eigenvalue weighted by Gasteiger charge is 2.32. The Morgan fingerprint density at radius 2 is 1.65 bits per heavy atom. The van der Waals surface area contributed by atoms with E-state index in [-0.39, 0.29) is 42.0 Å². The lowest BCUT2D eigenvalue weighted by atomic mass is 9.97. The Morgan fingerprint density at radius 3 is 2.37 bits per heavy atom. The SMILES string of the molecule is Cc1nccc(-c2ccccc2)c1C(=O)N1CC(=O)N[C@@H](C(C)C)c2nc(c(C)o2)C(=O)N[C@H](C)c2nc(cs2)C(=O)N[C@H](Cc2ccccc2)C1. The van der Waals surface area contributed by atoms with E-state index < -0.39 is 41.8 Å². The summed E-state index contributed by atoms with van der Waals surface area (Å²) in [5.41, 5.74) is 3.53. The summed E-state index contributed by atoms with van der Waals surface area (Å²) in [6.07, 6.45) is 2.02. The Bertz CT molecular complexity index is 2080. The van der Waals surface area contributed by atoms with Crippen molar-refractivity contribution < 1.29 is 23.6 Å². The zero-order valence-corrected chi connectivity index (χ0v) is 30.5. The summed E-state index contributed by atoms with van der Waals surface area (Å²) in [5.74, 6) is -1.53. The molecule has 3 atom stereocenters. The highest BCUT2D eigenvalue weighted by molar-refractivity contribution is 7.09. The van der Waals surface area contributed by atoms with Gasteiger partial charge in [-0.25, -0.2) is 9.97 Å². The molecule has 6 rings (SSSR count). The third-order valence-electron chi connectivity index (χ3n) is 8.91. The molecule has 5 aromatic rings. The number of oxazole rings is 1. The molecule has 0 aliphatic carbocycles. The van der Waals surface area contributed by atoms with Gasteiger partial charge in [0.05, 0.1) is 29.9 Å². The summed E-state index contributed by atoms with van der Waals surface area (Å²) in [6, 6.07) is 19.1. The first kappa shape index (κ1) is 36.1. The van der Waals surface area contributed by atoms with Gasteiger partial charge >= 0.3 is 0 Å². The summed E-state index contributed by atoms with van der Waals surface area (Å²) < 4.78 is 5.97. The van der Waals surface area contributed by atoms with E-state index in [4.69, 9.17) is 4.42 Å². The van der Waals surface area contributed by atoms with Crippen molar-refractivity contribution in [2.24, 2.45) is 5.92 Å². The quantitative estimate of drug-likeness (QED) is 0.211. The first-order chi connectivity index (χ1) is 25.0. The fourth-order valence-electron chi connectivity index (χ4n) is 6.24. The zero-order chi connectivity index (χ0) is 36.9. The maximum absolute atomic E-state index is 14.8. The average molecular weight is 720 g/mol. The van der Waals surface area contributed by atoms with Gasteiger partial charge in [-0.3, -0.25) is 24.2 Å². The van der Waals surface area contributed by atoms with E-state index in [9.17, 15) is 19.2 Å². The van der Waals surface area contributed by atoms with Crippen LogP contribution in [0.5, 0.6) is 0 Å². The summed E-state index contributed by atoms with van der Waals surface area (Å²) in [5, 5.41) is 11.2. The fourth-order valence-corrected chi connectivity index (χ4v) is 7.05. The molecular formula is C39H41N7O5S. The minimum Gasteiger partial charge on any atom is -0.443 e. The van der Waals surface area contributed by atoms with Gasteiger partial charge in [-0.1, -0.05) is 74.5 Å². The Kier molecular flexibility index (Phi) is 10.9. The van der Waals surface area contributed by atoms with Gasteiger partial charge in [0.25, 0.3) is 17.7 Å². The number of hydrogen-bond acceptors (Lipinski definition) is 9. The van der Waals surface area contributed by atoms with E-state index in [1.807, 2.05) is 74.5 Å². The number of amides is 4. The number of aryl methyl sites for hydroxylation is 2. The molecule has 0 fully saturated rings. The van der Waals surface area contributed by atoms with Gasteiger partial charge in [-0.05, 0) is 55.9 Å². The van der Waals surface area contributed by atoms with Crippen LogP contribution in [0.15, 0.2) is 82.7 Å². The third kappa shape index (κ3) is 8.10. The van der Waals surface area contributed by atoms with Crippen LogP contribution in [0.4, 0.5) is 0 Å². The number of nitrogens with zero attached hydrogens (tertiary/aromatic N) is 4. The molecule has 0 radical (unpaired) electrons.